The molecule has 0 rings (SSSR count). The summed E-state index contributed by atoms with van der Waals surface area (Å²) in [6.45, 7) is 2.57. The lowest BCUT2D eigenvalue weighted by Gasteiger charge is -2.16. The molecule has 0 aliphatic carbocycles. The lowest BCUT2D eigenvalue weighted by molar-refractivity contribution is -0.130. The molecule has 0 aromatic heterocycles. The van der Waals surface area contributed by atoms with Crippen LogP contribution in [0.4, 0.5) is 0 Å². The van der Waals surface area contributed by atoms with Gasteiger partial charge in [-0.15, -0.1) is 0 Å². The lowest BCUT2D eigenvalue weighted by atomic mass is 10.3. The van der Waals surface area contributed by atoms with Crippen LogP contribution in [-0.2, 0) is 19.0 Å². The van der Waals surface area contributed by atoms with Crippen LogP contribution in [0.1, 0.15) is 6.92 Å². The van der Waals surface area contributed by atoms with E-state index in [1.807, 2.05) is 0 Å². The molecule has 5 nitrogen and oxygen atoms in total. The molecule has 1 N–H and O–H groups in total. The van der Waals surface area contributed by atoms with Gasteiger partial charge in [0.1, 0.15) is 6.10 Å². The zero-order chi connectivity index (χ0) is 11.0. The van der Waals surface area contributed by atoms with Crippen LogP contribution in [0, 0.1) is 0 Å². The van der Waals surface area contributed by atoms with Gasteiger partial charge in [-0.2, -0.15) is 0 Å². The Balaban J connectivity index is 3.73. The maximum Gasteiger partial charge on any atom is 0.248 e. The molecule has 84 valence electrons. The van der Waals surface area contributed by atoms with Crippen molar-refractivity contribution in [1.82, 2.24) is 5.32 Å². The van der Waals surface area contributed by atoms with E-state index in [2.05, 4.69) is 5.32 Å². The quantitative estimate of drug-likeness (QED) is 0.625. The predicted molar refractivity (Wildman–Crippen MR) is 52.2 cm³/mol. The van der Waals surface area contributed by atoms with E-state index in [4.69, 9.17) is 14.2 Å². The highest BCUT2D eigenvalue weighted by molar-refractivity contribution is 5.80. The third kappa shape index (κ3) is 5.16. The fraction of sp³-hybridized carbons (Fsp3) is 0.889. The molecule has 0 bridgehead atoms. The standard InChI is InChI=1S/C9H19NO4/c1-7(13-3)9(11)10-5-8(14-4)6-12-2/h7-8H,5-6H2,1-4H3,(H,10,11). The molecule has 0 aliphatic heterocycles. The molecule has 5 heteroatoms. The highest BCUT2D eigenvalue weighted by atomic mass is 16.5. The van der Waals surface area contributed by atoms with E-state index in [-0.39, 0.29) is 12.0 Å². The summed E-state index contributed by atoms with van der Waals surface area (Å²) in [7, 11) is 4.66. The highest BCUT2D eigenvalue weighted by Gasteiger charge is 2.13. The predicted octanol–water partition coefficient (Wildman–Crippen LogP) is -0.201. The van der Waals surface area contributed by atoms with Gasteiger partial charge in [0.2, 0.25) is 5.91 Å². The molecule has 0 spiro atoms. The molecular formula is C9H19NO4. The van der Waals surface area contributed by atoms with Gasteiger partial charge in [-0.05, 0) is 6.92 Å². The van der Waals surface area contributed by atoms with Gasteiger partial charge in [-0.25, -0.2) is 0 Å². The average molecular weight is 205 g/mol. The summed E-state index contributed by atoms with van der Waals surface area (Å²) in [6, 6.07) is 0. The highest BCUT2D eigenvalue weighted by Crippen LogP contribution is 1.91. The van der Waals surface area contributed by atoms with Crippen LogP contribution in [0.25, 0.3) is 0 Å². The summed E-state index contributed by atoms with van der Waals surface area (Å²) in [6.07, 6.45) is -0.553. The fourth-order valence-corrected chi connectivity index (χ4v) is 0.861. The number of amides is 1. The largest absolute Gasteiger partial charge is 0.382 e. The topological polar surface area (TPSA) is 56.8 Å². The Morgan fingerprint density at radius 3 is 2.36 bits per heavy atom. The van der Waals surface area contributed by atoms with Gasteiger partial charge in [-0.3, -0.25) is 4.79 Å². The lowest BCUT2D eigenvalue weighted by Crippen LogP contribution is -2.40. The summed E-state index contributed by atoms with van der Waals surface area (Å²) in [5, 5.41) is 2.70. The molecule has 2 atom stereocenters. The number of carbonyl (C=O) groups excluding carboxylic acids is 1. The summed E-state index contributed by atoms with van der Waals surface area (Å²) >= 11 is 0. The van der Waals surface area contributed by atoms with Crippen molar-refractivity contribution in [3.63, 3.8) is 0 Å². The minimum absolute atomic E-state index is 0.118. The van der Waals surface area contributed by atoms with E-state index >= 15 is 0 Å². The van der Waals surface area contributed by atoms with E-state index in [0.29, 0.717) is 13.2 Å². The summed E-state index contributed by atoms with van der Waals surface area (Å²) in [5.41, 5.74) is 0. The molecule has 14 heavy (non-hydrogen) atoms. The monoisotopic (exact) mass is 205 g/mol. The number of hydrogen-bond acceptors (Lipinski definition) is 4. The normalized spacial score (nSPS) is 14.9. The molecule has 1 amide bonds. The summed E-state index contributed by atoms with van der Waals surface area (Å²) in [5.74, 6) is -0.148. The van der Waals surface area contributed by atoms with E-state index in [1.54, 1.807) is 21.1 Å². The van der Waals surface area contributed by atoms with Gasteiger partial charge < -0.3 is 19.5 Å². The van der Waals surface area contributed by atoms with Crippen molar-refractivity contribution in [1.29, 1.82) is 0 Å². The third-order valence-electron chi connectivity index (χ3n) is 1.91. The van der Waals surface area contributed by atoms with Crippen LogP contribution >= 0.6 is 0 Å². The van der Waals surface area contributed by atoms with E-state index < -0.39 is 6.10 Å². The van der Waals surface area contributed by atoms with Crippen LogP contribution in [0.5, 0.6) is 0 Å². The Morgan fingerprint density at radius 1 is 1.29 bits per heavy atom. The average Bonchev–Trinajstić information content (AvgIpc) is 2.22. The van der Waals surface area contributed by atoms with Gasteiger partial charge in [0.05, 0.1) is 12.7 Å². The fourth-order valence-electron chi connectivity index (χ4n) is 0.861. The van der Waals surface area contributed by atoms with Crippen molar-refractivity contribution in [3.05, 3.63) is 0 Å². The second kappa shape index (κ2) is 7.73. The molecule has 0 heterocycles. The Labute approximate surface area is 84.7 Å². The van der Waals surface area contributed by atoms with Crippen LogP contribution in [0.3, 0.4) is 0 Å². The number of methoxy groups -OCH3 is 3. The van der Waals surface area contributed by atoms with Gasteiger partial charge in [-0.1, -0.05) is 0 Å². The third-order valence-corrected chi connectivity index (χ3v) is 1.91. The van der Waals surface area contributed by atoms with Gasteiger partial charge >= 0.3 is 0 Å². The van der Waals surface area contributed by atoms with E-state index in [9.17, 15) is 4.79 Å². The first kappa shape index (κ1) is 13.4. The minimum Gasteiger partial charge on any atom is -0.382 e. The minimum atomic E-state index is -0.435. The van der Waals surface area contributed by atoms with Crippen molar-refractivity contribution in [2.24, 2.45) is 0 Å². The summed E-state index contributed by atoms with van der Waals surface area (Å²) < 4.78 is 14.8. The molecule has 0 saturated heterocycles. The second-order valence-corrected chi connectivity index (χ2v) is 2.94. The number of hydrogen-bond donors (Lipinski definition) is 1. The van der Waals surface area contributed by atoms with Crippen molar-refractivity contribution in [2.45, 2.75) is 19.1 Å². The molecular weight excluding hydrogens is 186 g/mol. The van der Waals surface area contributed by atoms with E-state index in [1.165, 1.54) is 7.11 Å². The zero-order valence-electron chi connectivity index (χ0n) is 9.20. The van der Waals surface area contributed by atoms with E-state index in [0.717, 1.165) is 0 Å². The molecule has 0 radical (unpaired) electrons. The molecule has 2 unspecified atom stereocenters. The first-order valence-corrected chi connectivity index (χ1v) is 4.48. The Hall–Kier alpha value is -0.650. The number of rotatable bonds is 7. The Morgan fingerprint density at radius 2 is 1.93 bits per heavy atom. The van der Waals surface area contributed by atoms with Gasteiger partial charge in [0, 0.05) is 27.9 Å². The SMILES string of the molecule is COCC(CNC(=O)C(C)OC)OC. The van der Waals surface area contributed by atoms with Crippen molar-refractivity contribution < 1.29 is 19.0 Å². The first-order chi connectivity index (χ1) is 6.65. The maximum atomic E-state index is 11.3. The molecule has 0 aromatic rings. The second-order valence-electron chi connectivity index (χ2n) is 2.94. The number of ether oxygens (including phenoxy) is 3. The number of carbonyl (C=O) groups is 1. The van der Waals surface area contributed by atoms with Crippen molar-refractivity contribution >= 4 is 5.91 Å². The molecule has 0 aliphatic rings. The summed E-state index contributed by atoms with van der Waals surface area (Å²) in [4.78, 5) is 11.3. The van der Waals surface area contributed by atoms with Crippen molar-refractivity contribution in [3.8, 4) is 0 Å². The Kier molecular flexibility index (Phi) is 7.37. The van der Waals surface area contributed by atoms with Crippen LogP contribution in [-0.4, -0.2) is 52.6 Å². The van der Waals surface area contributed by atoms with Crippen molar-refractivity contribution in [2.75, 3.05) is 34.5 Å². The van der Waals surface area contributed by atoms with Gasteiger partial charge in [0.15, 0.2) is 0 Å². The van der Waals surface area contributed by atoms with Crippen LogP contribution < -0.4 is 5.32 Å². The maximum absolute atomic E-state index is 11.3. The number of nitrogens with one attached hydrogen (secondary N) is 1. The zero-order valence-corrected chi connectivity index (χ0v) is 9.20. The van der Waals surface area contributed by atoms with Gasteiger partial charge in [0.25, 0.3) is 0 Å². The molecule has 0 saturated carbocycles. The smallest absolute Gasteiger partial charge is 0.248 e. The molecule has 0 fully saturated rings. The Bertz CT molecular complexity index is 163. The van der Waals surface area contributed by atoms with Crippen LogP contribution in [0.15, 0.2) is 0 Å². The molecule has 0 aromatic carbocycles. The van der Waals surface area contributed by atoms with Crippen LogP contribution in [0.2, 0.25) is 0 Å². The first-order valence-electron chi connectivity index (χ1n) is 4.48.